The van der Waals surface area contributed by atoms with E-state index in [1.807, 2.05) is 45.8 Å². The van der Waals surface area contributed by atoms with E-state index in [-0.39, 0.29) is 23.2 Å². The minimum atomic E-state index is -0.234. The molecule has 1 amide bonds. The molecule has 7 heteroatoms. The third-order valence-electron chi connectivity index (χ3n) is 2.71. The van der Waals surface area contributed by atoms with E-state index >= 15 is 0 Å². The Hall–Kier alpha value is -0.690. The van der Waals surface area contributed by atoms with Crippen molar-refractivity contribution in [3.63, 3.8) is 0 Å². The lowest BCUT2D eigenvalue weighted by atomic mass is 10.2. The molecule has 0 spiro atoms. The second-order valence-electron chi connectivity index (χ2n) is 5.09. The van der Waals surface area contributed by atoms with Crippen LogP contribution < -0.4 is 0 Å². The van der Waals surface area contributed by atoms with Gasteiger partial charge in [0.15, 0.2) is 0 Å². The van der Waals surface area contributed by atoms with Crippen LogP contribution in [0, 0.1) is 0 Å². The highest BCUT2D eigenvalue weighted by molar-refractivity contribution is 8.00. The van der Waals surface area contributed by atoms with E-state index < -0.39 is 0 Å². The van der Waals surface area contributed by atoms with Crippen LogP contribution in [0.3, 0.4) is 0 Å². The van der Waals surface area contributed by atoms with Crippen LogP contribution in [-0.2, 0) is 10.5 Å². The molecule has 0 bridgehead atoms. The van der Waals surface area contributed by atoms with Crippen molar-refractivity contribution in [2.45, 2.75) is 62.9 Å². The first kappa shape index (κ1) is 17.4. The van der Waals surface area contributed by atoms with E-state index in [4.69, 9.17) is 4.42 Å². The molecule has 1 rings (SSSR count). The maximum absolute atomic E-state index is 12.5. The second kappa shape index (κ2) is 7.93. The molecule has 1 aromatic heterocycles. The van der Waals surface area contributed by atoms with Crippen molar-refractivity contribution in [1.82, 2.24) is 15.1 Å². The van der Waals surface area contributed by atoms with Gasteiger partial charge in [0.1, 0.15) is 0 Å². The summed E-state index contributed by atoms with van der Waals surface area (Å²) in [6.07, 6.45) is 1.98. The summed E-state index contributed by atoms with van der Waals surface area (Å²) in [4.78, 5) is 14.4. The second-order valence-corrected chi connectivity index (χ2v) is 7.25. The fraction of sp³-hybridized carbons (Fsp3) is 0.769. The van der Waals surface area contributed by atoms with Gasteiger partial charge in [0, 0.05) is 12.1 Å². The predicted molar refractivity (Wildman–Crippen MR) is 84.0 cm³/mol. The largest absolute Gasteiger partial charge is 0.415 e. The van der Waals surface area contributed by atoms with E-state index in [1.165, 1.54) is 11.8 Å². The number of rotatable bonds is 7. The Morgan fingerprint density at radius 1 is 1.20 bits per heavy atom. The number of nitrogens with zero attached hydrogens (tertiary/aromatic N) is 3. The van der Waals surface area contributed by atoms with Crippen molar-refractivity contribution < 1.29 is 9.21 Å². The lowest BCUT2D eigenvalue weighted by Gasteiger charge is -2.32. The van der Waals surface area contributed by atoms with Crippen LogP contribution in [-0.4, -0.2) is 44.6 Å². The third kappa shape index (κ3) is 4.70. The molecule has 0 N–H and O–H groups in total. The summed E-state index contributed by atoms with van der Waals surface area (Å²) in [5.41, 5.74) is 0. The number of carbonyl (C=O) groups excluding carboxylic acids is 1. The fourth-order valence-electron chi connectivity index (χ4n) is 1.98. The van der Waals surface area contributed by atoms with Crippen LogP contribution in [0.5, 0.6) is 0 Å². The normalized spacial score (nSPS) is 13.0. The summed E-state index contributed by atoms with van der Waals surface area (Å²) in [6.45, 7) is 9.98. The molecular formula is C13H23N3O2S2. The maximum atomic E-state index is 12.5. The standard InChI is InChI=1S/C13H23N3O2S2/c1-8(2)16(9(3)4)12(17)10(5)20-13-15-14-11(18-13)7-19-6/h8-10H,7H2,1-6H3. The van der Waals surface area contributed by atoms with Crippen molar-refractivity contribution in [3.05, 3.63) is 5.89 Å². The van der Waals surface area contributed by atoms with E-state index in [1.54, 1.807) is 11.8 Å². The van der Waals surface area contributed by atoms with Crippen LogP contribution in [0.1, 0.15) is 40.5 Å². The number of hydrogen-bond acceptors (Lipinski definition) is 6. The van der Waals surface area contributed by atoms with Gasteiger partial charge in [-0.2, -0.15) is 11.8 Å². The zero-order valence-corrected chi connectivity index (χ0v) is 14.5. The van der Waals surface area contributed by atoms with Gasteiger partial charge in [0.05, 0.1) is 11.0 Å². The lowest BCUT2D eigenvalue weighted by molar-refractivity contribution is -0.133. The van der Waals surface area contributed by atoms with Gasteiger partial charge in [-0.05, 0) is 40.9 Å². The molecule has 0 aliphatic heterocycles. The fourth-order valence-corrected chi connectivity index (χ4v) is 3.11. The van der Waals surface area contributed by atoms with Gasteiger partial charge in [-0.25, -0.2) is 0 Å². The Balaban J connectivity index is 2.68. The van der Waals surface area contributed by atoms with Gasteiger partial charge >= 0.3 is 0 Å². The molecule has 1 unspecified atom stereocenters. The maximum Gasteiger partial charge on any atom is 0.277 e. The summed E-state index contributed by atoms with van der Waals surface area (Å²) >= 11 is 2.95. The molecule has 1 aromatic rings. The van der Waals surface area contributed by atoms with Gasteiger partial charge < -0.3 is 9.32 Å². The molecule has 0 saturated carbocycles. The molecular weight excluding hydrogens is 294 g/mol. The Labute approximate surface area is 129 Å². The molecule has 1 atom stereocenters. The summed E-state index contributed by atoms with van der Waals surface area (Å²) in [5, 5.41) is 8.15. The van der Waals surface area contributed by atoms with Crippen LogP contribution >= 0.6 is 23.5 Å². The first-order valence-corrected chi connectivity index (χ1v) is 8.94. The monoisotopic (exact) mass is 317 g/mol. The highest BCUT2D eigenvalue weighted by atomic mass is 32.2. The summed E-state index contributed by atoms with van der Waals surface area (Å²) in [6, 6.07) is 0.362. The van der Waals surface area contributed by atoms with Crippen molar-refractivity contribution >= 4 is 29.4 Å². The molecule has 114 valence electrons. The summed E-state index contributed by atoms with van der Waals surface area (Å²) in [5.74, 6) is 1.40. The third-order valence-corrected chi connectivity index (χ3v) is 4.17. The summed E-state index contributed by atoms with van der Waals surface area (Å²) < 4.78 is 5.49. The molecule has 0 radical (unpaired) electrons. The highest BCUT2D eigenvalue weighted by Gasteiger charge is 2.27. The number of carbonyl (C=O) groups is 1. The van der Waals surface area contributed by atoms with E-state index in [9.17, 15) is 4.79 Å². The van der Waals surface area contributed by atoms with E-state index in [0.717, 1.165) is 0 Å². The lowest BCUT2D eigenvalue weighted by Crippen LogP contribution is -2.45. The number of thioether (sulfide) groups is 2. The summed E-state index contributed by atoms with van der Waals surface area (Å²) in [7, 11) is 0. The zero-order chi connectivity index (χ0) is 15.3. The van der Waals surface area contributed by atoms with Crippen molar-refractivity contribution in [2.75, 3.05) is 6.26 Å². The molecule has 0 aliphatic rings. The highest BCUT2D eigenvalue weighted by Crippen LogP contribution is 2.25. The van der Waals surface area contributed by atoms with E-state index in [2.05, 4.69) is 10.2 Å². The van der Waals surface area contributed by atoms with Crippen molar-refractivity contribution in [2.24, 2.45) is 0 Å². The Morgan fingerprint density at radius 3 is 2.30 bits per heavy atom. The van der Waals surface area contributed by atoms with E-state index in [0.29, 0.717) is 16.9 Å². The zero-order valence-electron chi connectivity index (χ0n) is 12.9. The van der Waals surface area contributed by atoms with Crippen molar-refractivity contribution in [1.29, 1.82) is 0 Å². The molecule has 0 aliphatic carbocycles. The van der Waals surface area contributed by atoms with Gasteiger partial charge in [-0.3, -0.25) is 4.79 Å². The Bertz CT molecular complexity index is 427. The quantitative estimate of drug-likeness (QED) is 0.720. The number of aromatic nitrogens is 2. The molecule has 0 aromatic carbocycles. The Morgan fingerprint density at radius 2 is 1.80 bits per heavy atom. The molecule has 5 nitrogen and oxygen atoms in total. The SMILES string of the molecule is CSCc1nnc(SC(C)C(=O)N(C(C)C)C(C)C)o1. The first-order valence-electron chi connectivity index (χ1n) is 6.67. The van der Waals surface area contributed by atoms with Gasteiger partial charge in [-0.15, -0.1) is 10.2 Å². The van der Waals surface area contributed by atoms with Crippen LogP contribution in [0.2, 0.25) is 0 Å². The smallest absolute Gasteiger partial charge is 0.277 e. The average molecular weight is 317 g/mol. The Kier molecular flexibility index (Phi) is 6.88. The van der Waals surface area contributed by atoms with Crippen LogP contribution in [0.4, 0.5) is 0 Å². The van der Waals surface area contributed by atoms with Crippen molar-refractivity contribution in [3.8, 4) is 0 Å². The van der Waals surface area contributed by atoms with Gasteiger partial charge in [0.25, 0.3) is 5.22 Å². The predicted octanol–water partition coefficient (Wildman–Crippen LogP) is 3.06. The number of amides is 1. The van der Waals surface area contributed by atoms with Gasteiger partial charge in [-0.1, -0.05) is 11.8 Å². The minimum Gasteiger partial charge on any atom is -0.415 e. The average Bonchev–Trinajstić information content (AvgIpc) is 2.76. The molecule has 0 fully saturated rings. The molecule has 1 heterocycles. The minimum absolute atomic E-state index is 0.101. The van der Waals surface area contributed by atoms with Crippen LogP contribution in [0.15, 0.2) is 9.64 Å². The van der Waals surface area contributed by atoms with Gasteiger partial charge in [0.2, 0.25) is 11.8 Å². The van der Waals surface area contributed by atoms with Crippen LogP contribution in [0.25, 0.3) is 0 Å². The molecule has 0 saturated heterocycles. The molecule has 20 heavy (non-hydrogen) atoms. The first-order chi connectivity index (χ1) is 9.36. The topological polar surface area (TPSA) is 59.2 Å². The number of hydrogen-bond donors (Lipinski definition) is 0.